The number of ether oxygens (including phenoxy) is 2. The van der Waals surface area contributed by atoms with E-state index in [4.69, 9.17) is 9.47 Å². The van der Waals surface area contributed by atoms with Gasteiger partial charge in [0.1, 0.15) is 0 Å². The van der Waals surface area contributed by atoms with Crippen LogP contribution in [-0.2, 0) is 38.5 Å². The molecule has 0 N–H and O–H groups in total. The molecule has 0 amide bonds. The quantitative estimate of drug-likeness (QED) is 0.0396. The van der Waals surface area contributed by atoms with E-state index in [2.05, 4.69) is 13.8 Å². The minimum absolute atomic E-state index is 0. The fourth-order valence-electron chi connectivity index (χ4n) is 5.17. The van der Waals surface area contributed by atoms with Gasteiger partial charge in [-0.15, -0.1) is 0 Å². The van der Waals surface area contributed by atoms with Gasteiger partial charge in [-0.2, -0.15) is 0 Å². The van der Waals surface area contributed by atoms with Crippen molar-refractivity contribution in [3.05, 3.63) is 0 Å². The Balaban J connectivity index is -0.000000767. The number of carbonyl (C=O) groups is 2. The molecule has 45 heavy (non-hydrogen) atoms. The summed E-state index contributed by atoms with van der Waals surface area (Å²) in [6.45, 7) is 7.99. The molecule has 0 aliphatic rings. The first-order chi connectivity index (χ1) is 21.4. The minimum atomic E-state index is -1.24. The second kappa shape index (κ2) is 41.5. The summed E-state index contributed by atoms with van der Waals surface area (Å²) in [4.78, 5) is 21.9. The summed E-state index contributed by atoms with van der Waals surface area (Å²) >= 11 is 0. The first-order valence-electron chi connectivity index (χ1n) is 19.0. The van der Waals surface area contributed by atoms with Gasteiger partial charge in [0, 0.05) is 0 Å². The molecule has 0 heterocycles. The van der Waals surface area contributed by atoms with Gasteiger partial charge in [0.05, 0.1) is 13.2 Å². The van der Waals surface area contributed by atoms with E-state index < -0.39 is 24.1 Å². The van der Waals surface area contributed by atoms with Gasteiger partial charge in [-0.1, -0.05) is 195 Å². The topological polar surface area (TPSA) is 98.7 Å². The van der Waals surface area contributed by atoms with Crippen LogP contribution in [0.15, 0.2) is 0 Å². The molecule has 264 valence electrons. The van der Waals surface area contributed by atoms with Crippen molar-refractivity contribution in [3.8, 4) is 0 Å². The Morgan fingerprint density at radius 2 is 0.578 bits per heavy atom. The third-order valence-corrected chi connectivity index (χ3v) is 8.15. The van der Waals surface area contributed by atoms with Crippen LogP contribution in [0.5, 0.6) is 0 Å². The number of rotatable bonds is 32. The van der Waals surface area contributed by atoms with Crippen LogP contribution in [0.4, 0.5) is 0 Å². The zero-order valence-electron chi connectivity index (χ0n) is 30.5. The van der Waals surface area contributed by atoms with E-state index >= 15 is 0 Å². The van der Waals surface area contributed by atoms with E-state index in [9.17, 15) is 19.8 Å². The summed E-state index contributed by atoms with van der Waals surface area (Å²) in [6, 6.07) is 0. The number of carbonyl (C=O) groups excluding carboxylic acids is 2. The van der Waals surface area contributed by atoms with Crippen molar-refractivity contribution in [1.82, 2.24) is 0 Å². The average molecular weight is 692 g/mol. The smallest absolute Gasteiger partial charge is 0.844 e. The molecule has 0 saturated carbocycles. The van der Waals surface area contributed by atoms with Crippen LogP contribution >= 0.6 is 0 Å². The zero-order chi connectivity index (χ0) is 32.9. The van der Waals surface area contributed by atoms with E-state index in [1.54, 1.807) is 0 Å². The minimum Gasteiger partial charge on any atom is -0.844 e. The molecule has 0 aromatic heterocycles. The Morgan fingerprint density at radius 1 is 0.400 bits per heavy atom. The SMILES string of the molecule is CCCCCCCCCCCCCCCCOC(=O)C(C)[O-].CCCCCCCCCCCCCCCCOC(=O)C(C)[O-].[Zn+2]. The van der Waals surface area contributed by atoms with Crippen LogP contribution < -0.4 is 10.2 Å². The molecule has 0 aromatic carbocycles. The van der Waals surface area contributed by atoms with E-state index in [0.717, 1.165) is 25.7 Å². The maximum Gasteiger partial charge on any atom is 2.00 e. The third kappa shape index (κ3) is 43.5. The molecule has 0 rings (SSSR count). The second-order valence-electron chi connectivity index (χ2n) is 12.8. The van der Waals surface area contributed by atoms with Crippen molar-refractivity contribution in [2.75, 3.05) is 13.2 Å². The van der Waals surface area contributed by atoms with Crippen LogP contribution in [-0.4, -0.2) is 37.4 Å². The molecule has 0 bridgehead atoms. The Kier molecular flexibility index (Phi) is 45.1. The molecule has 0 aliphatic carbocycles. The molecular weight excluding hydrogens is 618 g/mol. The normalized spacial score (nSPS) is 12.0. The van der Waals surface area contributed by atoms with Gasteiger partial charge in [0.2, 0.25) is 0 Å². The zero-order valence-corrected chi connectivity index (χ0v) is 33.5. The number of hydrogen-bond donors (Lipinski definition) is 0. The molecule has 0 spiro atoms. The van der Waals surface area contributed by atoms with Gasteiger partial charge < -0.3 is 19.7 Å². The first kappa shape index (κ1) is 48.9. The van der Waals surface area contributed by atoms with Crippen molar-refractivity contribution in [3.63, 3.8) is 0 Å². The van der Waals surface area contributed by atoms with Crippen LogP contribution in [0.2, 0.25) is 0 Å². The summed E-state index contributed by atoms with van der Waals surface area (Å²) in [5.41, 5.74) is 0. The van der Waals surface area contributed by atoms with Crippen LogP contribution in [0.25, 0.3) is 0 Å². The molecule has 0 fully saturated rings. The molecular formula is C38H74O6Zn. The fourth-order valence-corrected chi connectivity index (χ4v) is 5.17. The van der Waals surface area contributed by atoms with Gasteiger partial charge in [0.25, 0.3) is 11.9 Å². The Hall–Kier alpha value is -0.517. The Bertz CT molecular complexity index is 535. The number of unbranched alkanes of at least 4 members (excludes halogenated alkanes) is 26. The van der Waals surface area contributed by atoms with Gasteiger partial charge in [-0.05, 0) is 25.0 Å². The first-order valence-corrected chi connectivity index (χ1v) is 19.0. The van der Waals surface area contributed by atoms with E-state index in [0.29, 0.717) is 13.2 Å². The van der Waals surface area contributed by atoms with Gasteiger partial charge >= 0.3 is 19.5 Å². The fraction of sp³-hybridized carbons (Fsp3) is 0.947. The van der Waals surface area contributed by atoms with Crippen molar-refractivity contribution in [2.24, 2.45) is 0 Å². The van der Waals surface area contributed by atoms with Crippen LogP contribution in [0.1, 0.15) is 207 Å². The molecule has 0 saturated heterocycles. The number of esters is 2. The summed E-state index contributed by atoms with van der Waals surface area (Å²) in [5.74, 6) is -1.23. The van der Waals surface area contributed by atoms with Crippen molar-refractivity contribution in [2.45, 2.75) is 220 Å². The summed E-state index contributed by atoms with van der Waals surface area (Å²) < 4.78 is 9.72. The molecule has 0 radical (unpaired) electrons. The maximum absolute atomic E-state index is 10.9. The standard InChI is InChI=1S/2C19H37O3.Zn/c2*1-3-4-5-6-7-8-9-10-11-12-13-14-15-16-17-22-19(21)18(2)20;/h2*18H,3-17H2,1-2H3;/q2*-1;+2. The second-order valence-corrected chi connectivity index (χ2v) is 12.8. The molecule has 2 unspecified atom stereocenters. The summed E-state index contributed by atoms with van der Waals surface area (Å²) in [5, 5.41) is 21.5. The van der Waals surface area contributed by atoms with Crippen molar-refractivity contribution >= 4 is 11.9 Å². The average Bonchev–Trinajstić information content (AvgIpc) is 3.01. The Morgan fingerprint density at radius 3 is 0.756 bits per heavy atom. The van der Waals surface area contributed by atoms with Crippen molar-refractivity contribution < 1.29 is 48.8 Å². The predicted octanol–water partition coefficient (Wildman–Crippen LogP) is 9.52. The van der Waals surface area contributed by atoms with E-state index in [1.807, 2.05) is 0 Å². The van der Waals surface area contributed by atoms with Crippen LogP contribution in [0.3, 0.4) is 0 Å². The third-order valence-electron chi connectivity index (χ3n) is 8.15. The maximum atomic E-state index is 10.9. The van der Waals surface area contributed by atoms with E-state index in [-0.39, 0.29) is 19.5 Å². The van der Waals surface area contributed by atoms with Gasteiger partial charge in [0.15, 0.2) is 0 Å². The number of hydrogen-bond acceptors (Lipinski definition) is 6. The summed E-state index contributed by atoms with van der Waals surface area (Å²) in [6.07, 6.45) is 34.2. The van der Waals surface area contributed by atoms with Crippen LogP contribution in [0, 0.1) is 0 Å². The largest absolute Gasteiger partial charge is 2.00 e. The molecule has 0 aliphatic heterocycles. The van der Waals surface area contributed by atoms with Gasteiger partial charge in [-0.25, -0.2) is 0 Å². The monoisotopic (exact) mass is 690 g/mol. The molecule has 6 nitrogen and oxygen atoms in total. The molecule has 7 heteroatoms. The summed E-state index contributed by atoms with van der Waals surface area (Å²) in [7, 11) is 0. The Labute approximate surface area is 292 Å². The van der Waals surface area contributed by atoms with E-state index in [1.165, 1.54) is 168 Å². The van der Waals surface area contributed by atoms with Gasteiger partial charge in [-0.3, -0.25) is 9.59 Å². The van der Waals surface area contributed by atoms with Crippen molar-refractivity contribution in [1.29, 1.82) is 0 Å². The molecule has 2 atom stereocenters. The molecule has 0 aromatic rings. The predicted molar refractivity (Wildman–Crippen MR) is 181 cm³/mol.